The van der Waals surface area contributed by atoms with Crippen LogP contribution in [0, 0.1) is 11.3 Å². The summed E-state index contributed by atoms with van der Waals surface area (Å²) in [4.78, 5) is 26.3. The van der Waals surface area contributed by atoms with E-state index in [4.69, 9.17) is 14.2 Å². The lowest BCUT2D eigenvalue weighted by molar-refractivity contribution is -0.111. The summed E-state index contributed by atoms with van der Waals surface area (Å²) in [5, 5.41) is 3.46. The minimum absolute atomic E-state index is 0.198. The Morgan fingerprint density at radius 2 is 2.00 bits per heavy atom. The molecule has 0 bridgehead atoms. The van der Waals surface area contributed by atoms with Gasteiger partial charge in [-0.15, -0.1) is 11.3 Å². The van der Waals surface area contributed by atoms with E-state index in [0.717, 1.165) is 30.4 Å². The van der Waals surface area contributed by atoms with Gasteiger partial charge in [0.2, 0.25) is 12.7 Å². The van der Waals surface area contributed by atoms with Gasteiger partial charge in [-0.25, -0.2) is 4.79 Å². The van der Waals surface area contributed by atoms with Crippen molar-refractivity contribution in [2.75, 3.05) is 19.2 Å². The highest BCUT2D eigenvalue weighted by molar-refractivity contribution is 7.17. The fourth-order valence-electron chi connectivity index (χ4n) is 4.07. The molecule has 31 heavy (non-hydrogen) atoms. The number of hydrogen-bond donors (Lipinski definition) is 1. The number of nitrogens with one attached hydrogen (secondary N) is 1. The molecule has 1 aromatic carbocycles. The van der Waals surface area contributed by atoms with E-state index in [1.165, 1.54) is 29.4 Å². The van der Waals surface area contributed by atoms with Crippen LogP contribution in [0.5, 0.6) is 11.5 Å². The quantitative estimate of drug-likeness (QED) is 0.530. The maximum Gasteiger partial charge on any atom is 0.341 e. The van der Waals surface area contributed by atoms with Gasteiger partial charge >= 0.3 is 5.97 Å². The average molecular weight is 442 g/mol. The maximum atomic E-state index is 12.6. The highest BCUT2D eigenvalue weighted by Gasteiger charge is 2.34. The van der Waals surface area contributed by atoms with Gasteiger partial charge in [-0.3, -0.25) is 4.79 Å². The molecule has 1 amide bonds. The molecule has 6 nitrogen and oxygen atoms in total. The van der Waals surface area contributed by atoms with Crippen LogP contribution in [0.15, 0.2) is 24.3 Å². The number of anilines is 1. The lowest BCUT2D eigenvalue weighted by atomic mass is 9.72. The number of carbonyl (C=O) groups excluding carboxylic acids is 2. The summed E-state index contributed by atoms with van der Waals surface area (Å²) in [6.45, 7) is 6.96. The monoisotopic (exact) mass is 441 g/mol. The van der Waals surface area contributed by atoms with Gasteiger partial charge in [0, 0.05) is 11.0 Å². The molecular weight excluding hydrogens is 414 g/mol. The third-order valence-electron chi connectivity index (χ3n) is 5.94. The van der Waals surface area contributed by atoms with E-state index in [1.807, 2.05) is 18.2 Å². The van der Waals surface area contributed by atoms with Crippen molar-refractivity contribution in [3.8, 4) is 11.5 Å². The van der Waals surface area contributed by atoms with Crippen LogP contribution in [0.3, 0.4) is 0 Å². The van der Waals surface area contributed by atoms with Crippen LogP contribution < -0.4 is 14.8 Å². The summed E-state index contributed by atoms with van der Waals surface area (Å²) in [6, 6.07) is 5.49. The van der Waals surface area contributed by atoms with Crippen LogP contribution in [0.1, 0.15) is 53.6 Å². The Bertz CT molecular complexity index is 1050. The van der Waals surface area contributed by atoms with Gasteiger partial charge in [0.25, 0.3) is 0 Å². The Morgan fingerprint density at radius 3 is 2.74 bits per heavy atom. The van der Waals surface area contributed by atoms with Gasteiger partial charge in [0.05, 0.1) is 12.7 Å². The molecule has 164 valence electrons. The number of benzene rings is 1. The molecule has 1 aliphatic heterocycles. The van der Waals surface area contributed by atoms with Crippen molar-refractivity contribution in [2.24, 2.45) is 11.3 Å². The fourth-order valence-corrected chi connectivity index (χ4v) is 5.39. The molecule has 0 spiro atoms. The fraction of sp³-hybridized carbons (Fsp3) is 0.417. The molecule has 0 saturated carbocycles. The van der Waals surface area contributed by atoms with Crippen LogP contribution in [-0.4, -0.2) is 25.8 Å². The molecule has 0 saturated heterocycles. The number of esters is 1. The van der Waals surface area contributed by atoms with Crippen molar-refractivity contribution < 1.29 is 23.8 Å². The van der Waals surface area contributed by atoms with E-state index in [-0.39, 0.29) is 18.1 Å². The molecule has 1 aliphatic carbocycles. The molecule has 7 heteroatoms. The first-order valence-electron chi connectivity index (χ1n) is 10.4. The predicted octanol–water partition coefficient (Wildman–Crippen LogP) is 5.07. The molecule has 0 fully saturated rings. The van der Waals surface area contributed by atoms with Crippen LogP contribution in [0.4, 0.5) is 5.00 Å². The molecule has 1 atom stereocenters. The third kappa shape index (κ3) is 4.46. The normalized spacial score (nSPS) is 17.5. The minimum Gasteiger partial charge on any atom is -0.465 e. The Labute approximate surface area is 186 Å². The Kier molecular flexibility index (Phi) is 5.79. The Morgan fingerprint density at radius 1 is 1.23 bits per heavy atom. The van der Waals surface area contributed by atoms with Gasteiger partial charge < -0.3 is 19.5 Å². The zero-order chi connectivity index (χ0) is 22.2. The molecule has 1 aromatic heterocycles. The van der Waals surface area contributed by atoms with E-state index in [9.17, 15) is 9.59 Å². The first kappa shape index (κ1) is 21.4. The topological polar surface area (TPSA) is 73.9 Å². The van der Waals surface area contributed by atoms with Crippen molar-refractivity contribution in [3.05, 3.63) is 45.8 Å². The van der Waals surface area contributed by atoms with Gasteiger partial charge in [-0.05, 0) is 59.9 Å². The lowest BCUT2D eigenvalue weighted by Gasteiger charge is -2.33. The van der Waals surface area contributed by atoms with Gasteiger partial charge in [0.1, 0.15) is 5.00 Å². The summed E-state index contributed by atoms with van der Waals surface area (Å²) in [5.74, 6) is 1.20. The van der Waals surface area contributed by atoms with Crippen molar-refractivity contribution in [2.45, 2.75) is 40.0 Å². The molecule has 2 heterocycles. The number of fused-ring (bicyclic) bond motifs is 2. The second-order valence-electron chi connectivity index (χ2n) is 8.94. The lowest BCUT2D eigenvalue weighted by Crippen LogP contribution is -2.26. The highest BCUT2D eigenvalue weighted by atomic mass is 32.1. The first-order valence-corrected chi connectivity index (χ1v) is 11.2. The van der Waals surface area contributed by atoms with Gasteiger partial charge in [-0.2, -0.15) is 0 Å². The van der Waals surface area contributed by atoms with Crippen LogP contribution in [-0.2, 0) is 22.4 Å². The smallest absolute Gasteiger partial charge is 0.341 e. The van der Waals surface area contributed by atoms with Crippen molar-refractivity contribution in [1.29, 1.82) is 0 Å². The number of methoxy groups -OCH3 is 1. The second-order valence-corrected chi connectivity index (χ2v) is 10.0. The zero-order valence-electron chi connectivity index (χ0n) is 18.2. The summed E-state index contributed by atoms with van der Waals surface area (Å²) >= 11 is 1.49. The zero-order valence-corrected chi connectivity index (χ0v) is 19.1. The average Bonchev–Trinajstić information content (AvgIpc) is 3.34. The molecular formula is C24H27NO5S. The third-order valence-corrected chi connectivity index (χ3v) is 7.11. The molecule has 4 rings (SSSR count). The number of thiophene rings is 1. The van der Waals surface area contributed by atoms with Crippen molar-refractivity contribution in [1.82, 2.24) is 0 Å². The number of amides is 1. The van der Waals surface area contributed by atoms with E-state index >= 15 is 0 Å². The molecule has 1 unspecified atom stereocenters. The highest BCUT2D eigenvalue weighted by Crippen LogP contribution is 2.44. The molecule has 1 N–H and O–H groups in total. The number of hydrogen-bond acceptors (Lipinski definition) is 6. The van der Waals surface area contributed by atoms with Crippen LogP contribution in [0.25, 0.3) is 6.08 Å². The summed E-state index contributed by atoms with van der Waals surface area (Å²) in [5.41, 5.74) is 2.54. The minimum atomic E-state index is -0.401. The second kappa shape index (κ2) is 8.38. The van der Waals surface area contributed by atoms with Crippen LogP contribution >= 0.6 is 11.3 Å². The summed E-state index contributed by atoms with van der Waals surface area (Å²) in [7, 11) is 1.37. The van der Waals surface area contributed by atoms with Crippen molar-refractivity contribution in [3.63, 3.8) is 0 Å². The largest absolute Gasteiger partial charge is 0.465 e. The molecule has 0 radical (unpaired) electrons. The summed E-state index contributed by atoms with van der Waals surface area (Å²) < 4.78 is 15.7. The van der Waals surface area contributed by atoms with E-state index in [1.54, 1.807) is 6.08 Å². The van der Waals surface area contributed by atoms with E-state index < -0.39 is 5.97 Å². The summed E-state index contributed by atoms with van der Waals surface area (Å²) in [6.07, 6.45) is 5.92. The van der Waals surface area contributed by atoms with E-state index in [0.29, 0.717) is 28.0 Å². The number of ether oxygens (including phenoxy) is 3. The van der Waals surface area contributed by atoms with Crippen molar-refractivity contribution >= 4 is 34.3 Å². The molecule has 2 aromatic rings. The number of carbonyl (C=O) groups is 2. The first-order chi connectivity index (χ1) is 14.8. The maximum absolute atomic E-state index is 12.6. The SMILES string of the molecule is COC(=O)c1c(NC(=O)/C=C/c2ccc3c(c2)OCO3)sc2c1CCC(C(C)(C)C)C2. The Balaban J connectivity index is 1.54. The number of rotatable bonds is 4. The predicted molar refractivity (Wildman–Crippen MR) is 121 cm³/mol. The van der Waals surface area contributed by atoms with E-state index in [2.05, 4.69) is 26.1 Å². The Hall–Kier alpha value is -2.80. The van der Waals surface area contributed by atoms with Gasteiger partial charge in [0.15, 0.2) is 11.5 Å². The standard InChI is InChI=1S/C24H27NO5S/c1-24(2,3)15-7-8-16-19(12-15)31-22(21(16)23(27)28-4)25-20(26)10-6-14-5-9-17-18(11-14)30-13-29-17/h5-6,9-11,15H,7-8,12-13H2,1-4H3,(H,25,26)/b10-6+. The van der Waals surface area contributed by atoms with Gasteiger partial charge in [-0.1, -0.05) is 26.8 Å². The molecule has 2 aliphatic rings. The van der Waals surface area contributed by atoms with Crippen LogP contribution in [0.2, 0.25) is 0 Å².